The molecule has 0 aromatic carbocycles. The molecule has 3 heteroatoms. The van der Waals surface area contributed by atoms with Gasteiger partial charge in [0.25, 0.3) is 0 Å². The number of nitrogens with zero attached hydrogens (tertiary/aromatic N) is 2. The van der Waals surface area contributed by atoms with E-state index in [1.165, 1.54) is 50.9 Å². The molecule has 0 amide bonds. The minimum atomic E-state index is 0.628. The van der Waals surface area contributed by atoms with E-state index in [1.807, 2.05) is 12.4 Å². The van der Waals surface area contributed by atoms with Crippen molar-refractivity contribution in [3.05, 3.63) is 30.1 Å². The van der Waals surface area contributed by atoms with Crippen LogP contribution in [0.2, 0.25) is 0 Å². The molecule has 3 rings (SSSR count). The highest BCUT2D eigenvalue weighted by Crippen LogP contribution is 2.34. The molecule has 2 aliphatic rings. The van der Waals surface area contributed by atoms with Crippen LogP contribution in [0.25, 0.3) is 0 Å². The molecular formula is C14H21N3. The van der Waals surface area contributed by atoms with Gasteiger partial charge in [0.1, 0.15) is 0 Å². The lowest BCUT2D eigenvalue weighted by Crippen LogP contribution is -2.45. The summed E-state index contributed by atoms with van der Waals surface area (Å²) in [7, 11) is 0. The summed E-state index contributed by atoms with van der Waals surface area (Å²) in [5.41, 5.74) is 1.45. The highest BCUT2D eigenvalue weighted by atomic mass is 15.2. The van der Waals surface area contributed by atoms with Gasteiger partial charge in [-0.2, -0.15) is 0 Å². The third-order valence-electron chi connectivity index (χ3n) is 4.12. The van der Waals surface area contributed by atoms with Gasteiger partial charge in [-0.05, 0) is 56.5 Å². The Hall–Kier alpha value is -0.930. The summed E-state index contributed by atoms with van der Waals surface area (Å²) in [6.45, 7) is 3.63. The Labute approximate surface area is 103 Å². The molecule has 17 heavy (non-hydrogen) atoms. The van der Waals surface area contributed by atoms with Gasteiger partial charge in [0.05, 0.1) is 0 Å². The molecular weight excluding hydrogens is 210 g/mol. The van der Waals surface area contributed by atoms with Gasteiger partial charge in [-0.25, -0.2) is 0 Å². The van der Waals surface area contributed by atoms with Gasteiger partial charge in [-0.3, -0.25) is 9.88 Å². The van der Waals surface area contributed by atoms with Crippen LogP contribution in [0.1, 0.15) is 37.3 Å². The Bertz CT molecular complexity index is 346. The zero-order valence-corrected chi connectivity index (χ0v) is 10.3. The van der Waals surface area contributed by atoms with Crippen LogP contribution in [-0.2, 0) is 0 Å². The summed E-state index contributed by atoms with van der Waals surface area (Å²) in [6, 6.07) is 5.73. The molecule has 92 valence electrons. The zero-order valence-electron chi connectivity index (χ0n) is 10.3. The fourth-order valence-electron chi connectivity index (χ4n) is 3.29. The molecule has 3 heterocycles. The number of rotatable bonds is 2. The Balaban J connectivity index is 1.75. The molecule has 3 nitrogen and oxygen atoms in total. The Kier molecular flexibility index (Phi) is 3.39. The number of piperidine rings is 1. The number of pyridine rings is 1. The van der Waals surface area contributed by atoms with E-state index in [0.717, 1.165) is 6.04 Å². The van der Waals surface area contributed by atoms with E-state index in [2.05, 4.69) is 27.3 Å². The van der Waals surface area contributed by atoms with Gasteiger partial charge < -0.3 is 5.32 Å². The van der Waals surface area contributed by atoms with Crippen LogP contribution in [0.4, 0.5) is 0 Å². The fraction of sp³-hybridized carbons (Fsp3) is 0.643. The number of aromatic nitrogens is 1. The summed E-state index contributed by atoms with van der Waals surface area (Å²) < 4.78 is 0. The van der Waals surface area contributed by atoms with Gasteiger partial charge in [0.2, 0.25) is 0 Å². The maximum atomic E-state index is 4.12. The number of hydrogen-bond donors (Lipinski definition) is 1. The first-order chi connectivity index (χ1) is 8.45. The second-order valence-electron chi connectivity index (χ2n) is 5.18. The Morgan fingerprint density at radius 3 is 2.82 bits per heavy atom. The van der Waals surface area contributed by atoms with E-state index < -0.39 is 0 Å². The highest BCUT2D eigenvalue weighted by Gasteiger charge is 2.32. The minimum Gasteiger partial charge on any atom is -0.315 e. The van der Waals surface area contributed by atoms with E-state index in [9.17, 15) is 0 Å². The summed E-state index contributed by atoms with van der Waals surface area (Å²) >= 11 is 0. The van der Waals surface area contributed by atoms with Crippen molar-refractivity contribution >= 4 is 0 Å². The lowest BCUT2D eigenvalue weighted by atomic mass is 10.0. The van der Waals surface area contributed by atoms with Crippen LogP contribution in [-0.4, -0.2) is 35.6 Å². The monoisotopic (exact) mass is 231 g/mol. The SMILES string of the molecule is c1cc(C2CCCN2C2CCCNC2)ccn1. The molecule has 1 aromatic heterocycles. The third-order valence-corrected chi connectivity index (χ3v) is 4.12. The first-order valence-electron chi connectivity index (χ1n) is 6.81. The first kappa shape index (κ1) is 11.2. The van der Waals surface area contributed by atoms with E-state index in [1.54, 1.807) is 0 Å². The lowest BCUT2D eigenvalue weighted by molar-refractivity contribution is 0.152. The highest BCUT2D eigenvalue weighted by molar-refractivity contribution is 5.17. The molecule has 0 aliphatic carbocycles. The van der Waals surface area contributed by atoms with E-state index in [-0.39, 0.29) is 0 Å². The molecule has 0 bridgehead atoms. The van der Waals surface area contributed by atoms with Crippen molar-refractivity contribution in [2.75, 3.05) is 19.6 Å². The van der Waals surface area contributed by atoms with Crippen molar-refractivity contribution in [2.45, 2.75) is 37.8 Å². The smallest absolute Gasteiger partial charge is 0.0353 e. The van der Waals surface area contributed by atoms with Crippen LogP contribution < -0.4 is 5.32 Å². The normalized spacial score (nSPS) is 30.6. The van der Waals surface area contributed by atoms with Crippen LogP contribution in [0.3, 0.4) is 0 Å². The number of likely N-dealkylation sites (tertiary alicyclic amines) is 1. The molecule has 0 saturated carbocycles. The van der Waals surface area contributed by atoms with Crippen molar-refractivity contribution in [2.24, 2.45) is 0 Å². The quantitative estimate of drug-likeness (QED) is 0.843. The molecule has 2 unspecified atom stereocenters. The number of hydrogen-bond acceptors (Lipinski definition) is 3. The predicted molar refractivity (Wildman–Crippen MR) is 68.8 cm³/mol. The zero-order chi connectivity index (χ0) is 11.5. The molecule has 2 saturated heterocycles. The van der Waals surface area contributed by atoms with Crippen molar-refractivity contribution in [1.82, 2.24) is 15.2 Å². The van der Waals surface area contributed by atoms with E-state index >= 15 is 0 Å². The van der Waals surface area contributed by atoms with Gasteiger partial charge in [0.15, 0.2) is 0 Å². The minimum absolute atomic E-state index is 0.628. The van der Waals surface area contributed by atoms with Crippen molar-refractivity contribution < 1.29 is 0 Å². The molecule has 1 N–H and O–H groups in total. The van der Waals surface area contributed by atoms with Crippen LogP contribution in [0.15, 0.2) is 24.5 Å². The maximum Gasteiger partial charge on any atom is 0.0353 e. The van der Waals surface area contributed by atoms with Gasteiger partial charge in [-0.1, -0.05) is 0 Å². The third kappa shape index (κ3) is 2.35. The fourth-order valence-corrected chi connectivity index (χ4v) is 3.29. The number of nitrogens with one attached hydrogen (secondary N) is 1. The Morgan fingerprint density at radius 2 is 2.06 bits per heavy atom. The maximum absolute atomic E-state index is 4.12. The Morgan fingerprint density at radius 1 is 1.18 bits per heavy atom. The van der Waals surface area contributed by atoms with Gasteiger partial charge in [-0.15, -0.1) is 0 Å². The molecule has 2 atom stereocenters. The van der Waals surface area contributed by atoms with Crippen LogP contribution >= 0.6 is 0 Å². The van der Waals surface area contributed by atoms with E-state index in [4.69, 9.17) is 0 Å². The first-order valence-corrected chi connectivity index (χ1v) is 6.81. The molecule has 2 fully saturated rings. The molecule has 0 spiro atoms. The van der Waals surface area contributed by atoms with Crippen molar-refractivity contribution in [1.29, 1.82) is 0 Å². The molecule has 0 radical (unpaired) electrons. The largest absolute Gasteiger partial charge is 0.315 e. The topological polar surface area (TPSA) is 28.2 Å². The second kappa shape index (κ2) is 5.15. The molecule has 1 aromatic rings. The summed E-state index contributed by atoms with van der Waals surface area (Å²) in [4.78, 5) is 6.83. The van der Waals surface area contributed by atoms with E-state index in [0.29, 0.717) is 6.04 Å². The average Bonchev–Trinajstić information content (AvgIpc) is 2.90. The standard InChI is InChI=1S/C14H21N3/c1-3-13(11-16-7-1)17-10-2-4-14(17)12-5-8-15-9-6-12/h5-6,8-9,13-14,16H,1-4,7,10-11H2. The van der Waals surface area contributed by atoms with Crippen molar-refractivity contribution in [3.8, 4) is 0 Å². The van der Waals surface area contributed by atoms with Crippen molar-refractivity contribution in [3.63, 3.8) is 0 Å². The average molecular weight is 231 g/mol. The summed E-state index contributed by atoms with van der Waals surface area (Å²) in [6.07, 6.45) is 9.17. The second-order valence-corrected chi connectivity index (χ2v) is 5.18. The van der Waals surface area contributed by atoms with Gasteiger partial charge in [0, 0.05) is 31.0 Å². The summed E-state index contributed by atoms with van der Waals surface area (Å²) in [5, 5.41) is 3.53. The van der Waals surface area contributed by atoms with Crippen LogP contribution in [0.5, 0.6) is 0 Å². The molecule has 2 aliphatic heterocycles. The lowest BCUT2D eigenvalue weighted by Gasteiger charge is -2.36. The van der Waals surface area contributed by atoms with Gasteiger partial charge >= 0.3 is 0 Å². The predicted octanol–water partition coefficient (Wildman–Crippen LogP) is 1.97. The van der Waals surface area contributed by atoms with Crippen LogP contribution in [0, 0.1) is 0 Å². The summed E-state index contributed by atoms with van der Waals surface area (Å²) in [5.74, 6) is 0.